The van der Waals surface area contributed by atoms with Crippen molar-refractivity contribution >= 4 is 5.69 Å². The smallest absolute Gasteiger partial charge is 0.150 e. The minimum absolute atomic E-state index is 0.0794. The van der Waals surface area contributed by atoms with Crippen LogP contribution in [0.5, 0.6) is 11.5 Å². The predicted molar refractivity (Wildman–Crippen MR) is 117 cm³/mol. The molecule has 0 aliphatic heterocycles. The minimum atomic E-state index is 0.0794. The first-order chi connectivity index (χ1) is 13.7. The van der Waals surface area contributed by atoms with Crippen LogP contribution < -0.4 is 14.8 Å². The van der Waals surface area contributed by atoms with Gasteiger partial charge in [0.25, 0.3) is 0 Å². The first-order valence-corrected chi connectivity index (χ1v) is 9.95. The van der Waals surface area contributed by atoms with Crippen LogP contribution in [0, 0.1) is 0 Å². The van der Waals surface area contributed by atoms with Crippen molar-refractivity contribution in [2.75, 3.05) is 19.0 Å². The van der Waals surface area contributed by atoms with Crippen LogP contribution in [0.15, 0.2) is 72.8 Å². The second kappa shape index (κ2) is 9.84. The van der Waals surface area contributed by atoms with Crippen LogP contribution in [0.3, 0.4) is 0 Å². The molecule has 0 amide bonds. The predicted octanol–water partition coefficient (Wildman–Crippen LogP) is 6.71. The molecule has 1 unspecified atom stereocenters. The maximum absolute atomic E-state index is 6.26. The largest absolute Gasteiger partial charge is 0.496 e. The van der Waals surface area contributed by atoms with Crippen molar-refractivity contribution in [2.24, 2.45) is 0 Å². The molecule has 3 rings (SSSR count). The summed E-state index contributed by atoms with van der Waals surface area (Å²) < 4.78 is 11.8. The van der Waals surface area contributed by atoms with Crippen molar-refractivity contribution in [3.8, 4) is 22.6 Å². The summed E-state index contributed by atoms with van der Waals surface area (Å²) >= 11 is 0. The second-order valence-corrected chi connectivity index (χ2v) is 6.86. The Balaban J connectivity index is 1.95. The van der Waals surface area contributed by atoms with Crippen LogP contribution in [0.25, 0.3) is 11.1 Å². The average Bonchev–Trinajstić information content (AvgIpc) is 2.75. The van der Waals surface area contributed by atoms with Gasteiger partial charge in [0.05, 0.1) is 25.4 Å². The first kappa shape index (κ1) is 19.8. The summed E-state index contributed by atoms with van der Waals surface area (Å²) in [5.41, 5.74) is 4.38. The van der Waals surface area contributed by atoms with E-state index in [1.165, 1.54) is 0 Å². The van der Waals surface area contributed by atoms with Gasteiger partial charge in [0.1, 0.15) is 11.5 Å². The molecule has 0 saturated heterocycles. The number of nitrogens with one attached hydrogen (secondary N) is 1. The first-order valence-electron chi connectivity index (χ1n) is 9.95. The average molecular weight is 376 g/mol. The Kier molecular flexibility index (Phi) is 6.96. The van der Waals surface area contributed by atoms with Crippen molar-refractivity contribution in [3.63, 3.8) is 0 Å². The molecule has 0 radical (unpaired) electrons. The molecule has 0 heterocycles. The molecule has 0 aromatic heterocycles. The zero-order chi connectivity index (χ0) is 19.8. The summed E-state index contributed by atoms with van der Waals surface area (Å²) in [7, 11) is 1.71. The lowest BCUT2D eigenvalue weighted by Gasteiger charge is -2.22. The fourth-order valence-corrected chi connectivity index (χ4v) is 3.30. The Bertz CT molecular complexity index is 877. The molecule has 0 fully saturated rings. The summed E-state index contributed by atoms with van der Waals surface area (Å²) in [6, 6.07) is 24.9. The highest BCUT2D eigenvalue weighted by molar-refractivity contribution is 5.78. The number of rotatable bonds is 9. The molecule has 3 nitrogen and oxygen atoms in total. The van der Waals surface area contributed by atoms with Crippen LogP contribution >= 0.6 is 0 Å². The fraction of sp³-hybridized carbons (Fsp3) is 0.280. The van der Waals surface area contributed by atoms with E-state index in [2.05, 4.69) is 67.7 Å². The van der Waals surface area contributed by atoms with Gasteiger partial charge in [-0.3, -0.25) is 0 Å². The molecule has 0 aliphatic carbocycles. The van der Waals surface area contributed by atoms with E-state index in [4.69, 9.17) is 9.47 Å². The Morgan fingerprint density at radius 1 is 0.893 bits per heavy atom. The van der Waals surface area contributed by atoms with Crippen molar-refractivity contribution in [1.29, 1.82) is 0 Å². The highest BCUT2D eigenvalue weighted by atomic mass is 16.5. The number of unbranched alkanes of at least 4 members (excludes halogenated alkanes) is 1. The molecular weight excluding hydrogens is 346 g/mol. The van der Waals surface area contributed by atoms with Crippen LogP contribution in [-0.4, -0.2) is 13.7 Å². The zero-order valence-corrected chi connectivity index (χ0v) is 16.9. The number of hydrogen-bond acceptors (Lipinski definition) is 3. The van der Waals surface area contributed by atoms with Crippen molar-refractivity contribution in [3.05, 3.63) is 78.4 Å². The summed E-state index contributed by atoms with van der Waals surface area (Å²) in [5.74, 6) is 1.79. The molecule has 0 aliphatic rings. The summed E-state index contributed by atoms with van der Waals surface area (Å²) in [6.45, 7) is 5.02. The van der Waals surface area contributed by atoms with Crippen LogP contribution in [-0.2, 0) is 0 Å². The Labute approximate surface area is 168 Å². The number of benzene rings is 3. The van der Waals surface area contributed by atoms with Gasteiger partial charge in [0.2, 0.25) is 0 Å². The van der Waals surface area contributed by atoms with Gasteiger partial charge in [-0.05, 0) is 31.0 Å². The number of ether oxygens (including phenoxy) is 2. The van der Waals surface area contributed by atoms with E-state index in [1.54, 1.807) is 7.11 Å². The SMILES string of the molecule is CCCCOc1c(NC(C)c2ccccc2OC)cccc1-c1ccccc1. The summed E-state index contributed by atoms with van der Waals surface area (Å²) in [6.07, 6.45) is 2.14. The van der Waals surface area contributed by atoms with Crippen LogP contribution in [0.1, 0.15) is 38.3 Å². The fourth-order valence-electron chi connectivity index (χ4n) is 3.30. The van der Waals surface area contributed by atoms with Crippen LogP contribution in [0.2, 0.25) is 0 Å². The van der Waals surface area contributed by atoms with E-state index in [1.807, 2.05) is 24.3 Å². The maximum atomic E-state index is 6.26. The molecule has 3 heteroatoms. The van der Waals surface area contributed by atoms with E-state index in [0.717, 1.165) is 46.7 Å². The lowest BCUT2D eigenvalue weighted by Crippen LogP contribution is -2.10. The Morgan fingerprint density at radius 3 is 2.39 bits per heavy atom. The highest BCUT2D eigenvalue weighted by Crippen LogP contribution is 2.39. The molecule has 0 bridgehead atoms. The maximum Gasteiger partial charge on any atom is 0.150 e. The summed E-state index contributed by atoms with van der Waals surface area (Å²) in [5, 5.41) is 3.63. The van der Waals surface area contributed by atoms with Crippen molar-refractivity contribution in [2.45, 2.75) is 32.7 Å². The molecule has 1 atom stereocenters. The van der Waals surface area contributed by atoms with E-state index in [0.29, 0.717) is 6.61 Å². The molecule has 146 valence electrons. The van der Waals surface area contributed by atoms with E-state index < -0.39 is 0 Å². The van der Waals surface area contributed by atoms with Gasteiger partial charge in [0, 0.05) is 11.1 Å². The van der Waals surface area contributed by atoms with Gasteiger partial charge in [-0.25, -0.2) is 0 Å². The number of anilines is 1. The Hall–Kier alpha value is -2.94. The van der Waals surface area contributed by atoms with E-state index in [-0.39, 0.29) is 6.04 Å². The standard InChI is InChI=1S/C25H29NO2/c1-4-5-18-28-25-22(20-12-7-6-8-13-20)15-11-16-23(25)26-19(2)21-14-9-10-17-24(21)27-3/h6-17,19,26H,4-5,18H2,1-3H3. The Morgan fingerprint density at radius 2 is 1.64 bits per heavy atom. The normalized spacial score (nSPS) is 11.7. The monoisotopic (exact) mass is 375 g/mol. The molecular formula is C25H29NO2. The quantitative estimate of drug-likeness (QED) is 0.421. The third-order valence-corrected chi connectivity index (χ3v) is 4.82. The van der Waals surface area contributed by atoms with Gasteiger partial charge in [-0.2, -0.15) is 0 Å². The zero-order valence-electron chi connectivity index (χ0n) is 16.9. The molecule has 0 spiro atoms. The third kappa shape index (κ3) is 4.66. The van der Waals surface area contributed by atoms with Gasteiger partial charge in [0.15, 0.2) is 0 Å². The van der Waals surface area contributed by atoms with Crippen LogP contribution in [0.4, 0.5) is 5.69 Å². The highest BCUT2D eigenvalue weighted by Gasteiger charge is 2.16. The van der Waals surface area contributed by atoms with E-state index >= 15 is 0 Å². The number of para-hydroxylation sites is 2. The third-order valence-electron chi connectivity index (χ3n) is 4.82. The van der Waals surface area contributed by atoms with Crippen molar-refractivity contribution < 1.29 is 9.47 Å². The van der Waals surface area contributed by atoms with Gasteiger partial charge < -0.3 is 14.8 Å². The minimum Gasteiger partial charge on any atom is -0.496 e. The molecule has 0 saturated carbocycles. The molecule has 1 N–H and O–H groups in total. The van der Waals surface area contributed by atoms with Gasteiger partial charge in [-0.1, -0.05) is 74.0 Å². The molecule has 28 heavy (non-hydrogen) atoms. The lowest BCUT2D eigenvalue weighted by atomic mass is 10.0. The van der Waals surface area contributed by atoms with E-state index in [9.17, 15) is 0 Å². The second-order valence-electron chi connectivity index (χ2n) is 6.86. The molecule has 3 aromatic carbocycles. The van der Waals surface area contributed by atoms with Crippen molar-refractivity contribution in [1.82, 2.24) is 0 Å². The van der Waals surface area contributed by atoms with Gasteiger partial charge >= 0.3 is 0 Å². The lowest BCUT2D eigenvalue weighted by molar-refractivity contribution is 0.311. The number of hydrogen-bond donors (Lipinski definition) is 1. The molecule has 3 aromatic rings. The topological polar surface area (TPSA) is 30.5 Å². The van der Waals surface area contributed by atoms with Gasteiger partial charge in [-0.15, -0.1) is 0 Å². The number of methoxy groups -OCH3 is 1. The summed E-state index contributed by atoms with van der Waals surface area (Å²) in [4.78, 5) is 0.